The minimum absolute atomic E-state index is 0.375. The van der Waals surface area contributed by atoms with Crippen LogP contribution in [-0.4, -0.2) is 12.6 Å². The van der Waals surface area contributed by atoms with Crippen molar-refractivity contribution in [2.24, 2.45) is 5.73 Å². The molecule has 0 unspecified atom stereocenters. The van der Waals surface area contributed by atoms with E-state index in [0.29, 0.717) is 23.6 Å². The highest BCUT2D eigenvalue weighted by Gasteiger charge is 2.27. The van der Waals surface area contributed by atoms with E-state index in [1.54, 1.807) is 0 Å². The molecule has 15 heavy (non-hydrogen) atoms. The van der Waals surface area contributed by atoms with Crippen molar-refractivity contribution in [1.29, 1.82) is 0 Å². The Morgan fingerprint density at radius 3 is 2.73 bits per heavy atom. The van der Waals surface area contributed by atoms with Crippen molar-refractivity contribution < 1.29 is 4.74 Å². The van der Waals surface area contributed by atoms with Crippen LogP contribution in [0.3, 0.4) is 0 Å². The molecule has 82 valence electrons. The molecule has 0 atom stereocenters. The van der Waals surface area contributed by atoms with E-state index in [2.05, 4.69) is 6.07 Å². The van der Waals surface area contributed by atoms with Gasteiger partial charge in [0.25, 0.3) is 0 Å². The second kappa shape index (κ2) is 4.42. The smallest absolute Gasteiger partial charge is 0.137 e. The van der Waals surface area contributed by atoms with Gasteiger partial charge >= 0.3 is 0 Å². The van der Waals surface area contributed by atoms with Gasteiger partial charge in [0.05, 0.1) is 11.6 Å². The van der Waals surface area contributed by atoms with Gasteiger partial charge < -0.3 is 10.5 Å². The second-order valence-corrected chi connectivity index (χ2v) is 4.46. The molecular formula is C12H16ClNO. The van der Waals surface area contributed by atoms with Crippen LogP contribution < -0.4 is 10.5 Å². The van der Waals surface area contributed by atoms with Crippen LogP contribution in [0.2, 0.25) is 5.02 Å². The van der Waals surface area contributed by atoms with Gasteiger partial charge in [0.2, 0.25) is 0 Å². The molecule has 1 saturated carbocycles. The fourth-order valence-electron chi connectivity index (χ4n) is 1.98. The molecule has 0 heterocycles. The fourth-order valence-corrected chi connectivity index (χ4v) is 2.22. The number of halogens is 1. The molecule has 0 bridgehead atoms. The molecule has 0 aliphatic heterocycles. The van der Waals surface area contributed by atoms with E-state index in [9.17, 15) is 0 Å². The molecule has 1 aromatic carbocycles. The van der Waals surface area contributed by atoms with E-state index in [4.69, 9.17) is 22.1 Å². The number of hydrogen-bond acceptors (Lipinski definition) is 2. The van der Waals surface area contributed by atoms with E-state index in [1.807, 2.05) is 19.1 Å². The summed E-state index contributed by atoms with van der Waals surface area (Å²) in [7, 11) is 0. The number of ether oxygens (including phenoxy) is 1. The average Bonchev–Trinajstić information content (AvgIpc) is 2.17. The summed E-state index contributed by atoms with van der Waals surface area (Å²) in [6, 6.07) is 6.42. The van der Waals surface area contributed by atoms with Crippen LogP contribution in [0.5, 0.6) is 5.75 Å². The van der Waals surface area contributed by atoms with Crippen LogP contribution in [0.4, 0.5) is 0 Å². The third kappa shape index (κ3) is 2.27. The Bertz CT molecular complexity index is 347. The number of rotatable bonds is 3. The van der Waals surface area contributed by atoms with Crippen molar-refractivity contribution in [3.8, 4) is 5.75 Å². The first-order valence-corrected chi connectivity index (χ1v) is 5.76. The van der Waals surface area contributed by atoms with E-state index in [1.165, 1.54) is 5.56 Å². The van der Waals surface area contributed by atoms with Crippen molar-refractivity contribution in [3.05, 3.63) is 28.8 Å². The molecule has 1 aliphatic rings. The van der Waals surface area contributed by atoms with Crippen molar-refractivity contribution in [3.63, 3.8) is 0 Å². The molecule has 0 spiro atoms. The molecule has 1 aliphatic carbocycles. The standard InChI is InChI=1S/C12H16ClNO/c1-2-15-12-4-3-8(7-11(12)13)9-5-10(14)6-9/h3-4,7,9-10H,2,5-6,14H2,1H3. The summed E-state index contributed by atoms with van der Waals surface area (Å²) in [5.74, 6) is 1.36. The highest BCUT2D eigenvalue weighted by Crippen LogP contribution is 2.38. The van der Waals surface area contributed by atoms with Gasteiger partial charge in [-0.25, -0.2) is 0 Å². The lowest BCUT2D eigenvalue weighted by Crippen LogP contribution is -2.34. The average molecular weight is 226 g/mol. The lowest BCUT2D eigenvalue weighted by Gasteiger charge is -2.33. The molecule has 2 rings (SSSR count). The molecule has 0 amide bonds. The predicted octanol–water partition coefficient (Wildman–Crippen LogP) is 2.94. The molecule has 0 aromatic heterocycles. The van der Waals surface area contributed by atoms with E-state index in [-0.39, 0.29) is 0 Å². The molecule has 1 aromatic rings. The quantitative estimate of drug-likeness (QED) is 0.859. The van der Waals surface area contributed by atoms with Crippen molar-refractivity contribution in [2.75, 3.05) is 6.61 Å². The van der Waals surface area contributed by atoms with Crippen LogP contribution >= 0.6 is 11.6 Å². The van der Waals surface area contributed by atoms with Gasteiger partial charge in [-0.05, 0) is 43.4 Å². The van der Waals surface area contributed by atoms with Gasteiger partial charge in [-0.1, -0.05) is 17.7 Å². The highest BCUT2D eigenvalue weighted by molar-refractivity contribution is 6.32. The maximum atomic E-state index is 6.11. The summed E-state index contributed by atoms with van der Waals surface area (Å²) in [5.41, 5.74) is 7.05. The van der Waals surface area contributed by atoms with Gasteiger partial charge in [-0.2, -0.15) is 0 Å². The zero-order chi connectivity index (χ0) is 10.8. The maximum Gasteiger partial charge on any atom is 0.137 e. The van der Waals surface area contributed by atoms with Crippen molar-refractivity contribution in [2.45, 2.75) is 31.7 Å². The second-order valence-electron chi connectivity index (χ2n) is 4.05. The minimum Gasteiger partial charge on any atom is -0.492 e. The van der Waals surface area contributed by atoms with Gasteiger partial charge in [0.15, 0.2) is 0 Å². The summed E-state index contributed by atoms with van der Waals surface area (Å²) in [6.45, 7) is 2.60. The summed E-state index contributed by atoms with van der Waals surface area (Å²) in [6.07, 6.45) is 2.15. The third-order valence-corrected chi connectivity index (χ3v) is 3.20. The first kappa shape index (κ1) is 10.8. The minimum atomic E-state index is 0.375. The maximum absolute atomic E-state index is 6.11. The Hall–Kier alpha value is -0.730. The molecule has 1 fully saturated rings. The first-order chi connectivity index (χ1) is 7.20. The lowest BCUT2D eigenvalue weighted by atomic mass is 9.76. The fraction of sp³-hybridized carbons (Fsp3) is 0.500. The highest BCUT2D eigenvalue weighted by atomic mass is 35.5. The lowest BCUT2D eigenvalue weighted by molar-refractivity contribution is 0.337. The third-order valence-electron chi connectivity index (χ3n) is 2.90. The molecule has 2 nitrogen and oxygen atoms in total. The topological polar surface area (TPSA) is 35.2 Å². The number of nitrogens with two attached hydrogens (primary N) is 1. The Morgan fingerprint density at radius 2 is 2.20 bits per heavy atom. The Balaban J connectivity index is 2.11. The van der Waals surface area contributed by atoms with Gasteiger partial charge in [0, 0.05) is 6.04 Å². The van der Waals surface area contributed by atoms with Crippen LogP contribution in [0, 0.1) is 0 Å². The van der Waals surface area contributed by atoms with Crippen LogP contribution in [0.1, 0.15) is 31.2 Å². The molecule has 0 radical (unpaired) electrons. The zero-order valence-corrected chi connectivity index (χ0v) is 9.63. The molecule has 0 saturated heterocycles. The van der Waals surface area contributed by atoms with Gasteiger partial charge in [0.1, 0.15) is 5.75 Å². The predicted molar refractivity (Wildman–Crippen MR) is 62.6 cm³/mol. The largest absolute Gasteiger partial charge is 0.492 e. The molecule has 3 heteroatoms. The van der Waals surface area contributed by atoms with Crippen LogP contribution in [0.15, 0.2) is 18.2 Å². The van der Waals surface area contributed by atoms with Crippen molar-refractivity contribution >= 4 is 11.6 Å². The number of benzene rings is 1. The monoisotopic (exact) mass is 225 g/mol. The van der Waals surface area contributed by atoms with Gasteiger partial charge in [-0.15, -0.1) is 0 Å². The summed E-state index contributed by atoms with van der Waals surface area (Å²) in [5, 5.41) is 0.704. The zero-order valence-electron chi connectivity index (χ0n) is 8.87. The van der Waals surface area contributed by atoms with E-state index >= 15 is 0 Å². The summed E-state index contributed by atoms with van der Waals surface area (Å²) < 4.78 is 5.39. The normalized spacial score (nSPS) is 24.7. The van der Waals surface area contributed by atoms with E-state index in [0.717, 1.165) is 18.6 Å². The summed E-state index contributed by atoms with van der Waals surface area (Å²) >= 11 is 6.11. The van der Waals surface area contributed by atoms with Gasteiger partial charge in [-0.3, -0.25) is 0 Å². The van der Waals surface area contributed by atoms with E-state index < -0.39 is 0 Å². The number of hydrogen-bond donors (Lipinski definition) is 1. The van der Waals surface area contributed by atoms with Crippen molar-refractivity contribution in [1.82, 2.24) is 0 Å². The first-order valence-electron chi connectivity index (χ1n) is 5.38. The Morgan fingerprint density at radius 1 is 1.47 bits per heavy atom. The van der Waals surface area contributed by atoms with Crippen LogP contribution in [0.25, 0.3) is 0 Å². The Kier molecular flexibility index (Phi) is 3.17. The SMILES string of the molecule is CCOc1ccc(C2CC(N)C2)cc1Cl. The molecular weight excluding hydrogens is 210 g/mol. The summed E-state index contributed by atoms with van der Waals surface area (Å²) in [4.78, 5) is 0. The van der Waals surface area contributed by atoms with Crippen LogP contribution in [-0.2, 0) is 0 Å². The molecule has 2 N–H and O–H groups in total. The Labute approximate surface area is 95.4 Å².